The number of carbonyl (C=O) groups excluding carboxylic acids is 1. The monoisotopic (exact) mass is 680 g/mol. The first kappa shape index (κ1) is 47.4. The Morgan fingerprint density at radius 3 is 0.938 bits per heavy atom. The molecule has 0 aromatic rings. The molecule has 0 aliphatic rings. The Balaban J connectivity index is 3.29. The van der Waals surface area contributed by atoms with Crippen molar-refractivity contribution in [1.82, 2.24) is 5.32 Å². The summed E-state index contributed by atoms with van der Waals surface area (Å²) in [5, 5.41) is 22.9. The largest absolute Gasteiger partial charge is 0.394 e. The van der Waals surface area contributed by atoms with Gasteiger partial charge in [0.1, 0.15) is 0 Å². The molecule has 0 saturated heterocycles. The van der Waals surface area contributed by atoms with Crippen LogP contribution < -0.4 is 5.32 Å². The lowest BCUT2D eigenvalue weighted by atomic mass is 10.0. The summed E-state index contributed by atoms with van der Waals surface area (Å²) in [6.45, 7) is 4.29. The van der Waals surface area contributed by atoms with Crippen molar-refractivity contribution in [3.8, 4) is 0 Å². The van der Waals surface area contributed by atoms with Crippen LogP contribution in [0.3, 0.4) is 0 Å². The Kier molecular flexibility index (Phi) is 40.3. The van der Waals surface area contributed by atoms with Crippen molar-refractivity contribution in [2.75, 3.05) is 6.61 Å². The SMILES string of the molecule is CCCCCCCCCCCCCCCCCCCCCCCCCCCCCCCCCC(O)C(CO)NC(=O)CCCCCCC. The summed E-state index contributed by atoms with van der Waals surface area (Å²) >= 11 is 0. The molecule has 4 heteroatoms. The maximum absolute atomic E-state index is 12.1. The minimum absolute atomic E-state index is 0.0412. The number of hydrogen-bond acceptors (Lipinski definition) is 3. The summed E-state index contributed by atoms with van der Waals surface area (Å²) in [6.07, 6.45) is 49.6. The normalized spacial score (nSPS) is 12.8. The van der Waals surface area contributed by atoms with Gasteiger partial charge in [0.05, 0.1) is 18.8 Å². The van der Waals surface area contributed by atoms with Crippen LogP contribution in [-0.4, -0.2) is 34.9 Å². The highest BCUT2D eigenvalue weighted by Crippen LogP contribution is 2.17. The third kappa shape index (κ3) is 36.7. The van der Waals surface area contributed by atoms with Gasteiger partial charge in [-0.3, -0.25) is 4.79 Å². The molecule has 0 aromatic heterocycles. The molecule has 0 fully saturated rings. The van der Waals surface area contributed by atoms with Crippen LogP contribution in [0.25, 0.3) is 0 Å². The number of carbonyl (C=O) groups is 1. The summed E-state index contributed by atoms with van der Waals surface area (Å²) in [6, 6.07) is -0.526. The zero-order valence-corrected chi connectivity index (χ0v) is 33.0. The topological polar surface area (TPSA) is 69.6 Å². The average molecular weight is 680 g/mol. The Hall–Kier alpha value is -0.610. The smallest absolute Gasteiger partial charge is 0.220 e. The highest BCUT2D eigenvalue weighted by molar-refractivity contribution is 5.76. The van der Waals surface area contributed by atoms with Gasteiger partial charge in [0.25, 0.3) is 0 Å². The molecule has 48 heavy (non-hydrogen) atoms. The van der Waals surface area contributed by atoms with Crippen LogP contribution >= 0.6 is 0 Å². The Morgan fingerprint density at radius 1 is 0.417 bits per heavy atom. The average Bonchev–Trinajstić information content (AvgIpc) is 3.09. The molecular formula is C44H89NO3. The van der Waals surface area contributed by atoms with Crippen molar-refractivity contribution in [2.24, 2.45) is 0 Å². The summed E-state index contributed by atoms with van der Waals surface area (Å²) in [7, 11) is 0. The van der Waals surface area contributed by atoms with Gasteiger partial charge < -0.3 is 15.5 Å². The molecule has 4 nitrogen and oxygen atoms in total. The van der Waals surface area contributed by atoms with Gasteiger partial charge in [0.15, 0.2) is 0 Å². The molecule has 0 heterocycles. The highest BCUT2D eigenvalue weighted by atomic mass is 16.3. The minimum Gasteiger partial charge on any atom is -0.394 e. The van der Waals surface area contributed by atoms with Crippen LogP contribution in [-0.2, 0) is 4.79 Å². The van der Waals surface area contributed by atoms with Crippen molar-refractivity contribution >= 4 is 5.91 Å². The zero-order chi connectivity index (χ0) is 35.0. The second kappa shape index (κ2) is 40.8. The zero-order valence-electron chi connectivity index (χ0n) is 33.0. The molecule has 3 N–H and O–H groups in total. The summed E-state index contributed by atoms with van der Waals surface area (Å²) in [4.78, 5) is 12.1. The Morgan fingerprint density at radius 2 is 0.667 bits per heavy atom. The van der Waals surface area contributed by atoms with E-state index >= 15 is 0 Å². The number of amides is 1. The molecule has 0 aliphatic heterocycles. The van der Waals surface area contributed by atoms with Crippen LogP contribution in [0.2, 0.25) is 0 Å². The molecular weight excluding hydrogens is 590 g/mol. The summed E-state index contributed by atoms with van der Waals surface area (Å²) < 4.78 is 0. The van der Waals surface area contributed by atoms with E-state index in [-0.39, 0.29) is 12.5 Å². The predicted octanol–water partition coefficient (Wildman–Crippen LogP) is 13.7. The van der Waals surface area contributed by atoms with Crippen molar-refractivity contribution in [1.29, 1.82) is 0 Å². The minimum atomic E-state index is -0.650. The first-order valence-electron chi connectivity index (χ1n) is 22.2. The van der Waals surface area contributed by atoms with E-state index in [1.165, 1.54) is 205 Å². The highest BCUT2D eigenvalue weighted by Gasteiger charge is 2.19. The van der Waals surface area contributed by atoms with Gasteiger partial charge in [-0.1, -0.05) is 239 Å². The first-order valence-corrected chi connectivity index (χ1v) is 22.2. The maximum Gasteiger partial charge on any atom is 0.220 e. The first-order chi connectivity index (χ1) is 23.7. The van der Waals surface area contributed by atoms with E-state index in [0.717, 1.165) is 25.7 Å². The van der Waals surface area contributed by atoms with E-state index in [1.54, 1.807) is 0 Å². The number of nitrogens with one attached hydrogen (secondary N) is 1. The number of aliphatic hydroxyl groups is 2. The molecule has 2 atom stereocenters. The van der Waals surface area contributed by atoms with E-state index in [0.29, 0.717) is 12.8 Å². The standard InChI is InChI=1S/C44H89NO3/c1-3-5-7-9-10-11-12-13-14-15-16-17-18-19-20-21-22-23-24-25-26-27-28-29-30-31-32-33-34-36-37-39-43(47)42(41-46)45-44(48)40-38-35-8-6-4-2/h42-43,46-47H,3-41H2,1-2H3,(H,45,48). The van der Waals surface area contributed by atoms with Crippen molar-refractivity contribution in [3.05, 3.63) is 0 Å². The third-order valence-electron chi connectivity index (χ3n) is 10.6. The molecule has 0 bridgehead atoms. The van der Waals surface area contributed by atoms with Crippen LogP contribution in [0.4, 0.5) is 0 Å². The quantitative estimate of drug-likeness (QED) is 0.0563. The fourth-order valence-corrected chi connectivity index (χ4v) is 7.19. The number of aliphatic hydroxyl groups excluding tert-OH is 2. The van der Waals surface area contributed by atoms with Gasteiger partial charge in [0, 0.05) is 6.42 Å². The Bertz CT molecular complexity index is 612. The van der Waals surface area contributed by atoms with Gasteiger partial charge in [-0.2, -0.15) is 0 Å². The molecule has 0 aromatic carbocycles. The number of unbranched alkanes of at least 4 members (excludes halogenated alkanes) is 34. The second-order valence-electron chi connectivity index (χ2n) is 15.5. The van der Waals surface area contributed by atoms with Gasteiger partial charge in [-0.25, -0.2) is 0 Å². The molecule has 0 spiro atoms. The Labute approximate surface area is 302 Å². The fraction of sp³-hybridized carbons (Fsp3) is 0.977. The lowest BCUT2D eigenvalue weighted by molar-refractivity contribution is -0.123. The molecule has 0 saturated carbocycles. The van der Waals surface area contributed by atoms with Gasteiger partial charge in [-0.15, -0.1) is 0 Å². The van der Waals surface area contributed by atoms with Gasteiger partial charge in [0.2, 0.25) is 5.91 Å². The fourth-order valence-electron chi connectivity index (χ4n) is 7.19. The lowest BCUT2D eigenvalue weighted by Gasteiger charge is -2.22. The van der Waals surface area contributed by atoms with E-state index in [2.05, 4.69) is 19.2 Å². The van der Waals surface area contributed by atoms with Crippen molar-refractivity contribution in [2.45, 2.75) is 270 Å². The maximum atomic E-state index is 12.1. The molecule has 0 aliphatic carbocycles. The van der Waals surface area contributed by atoms with Crippen LogP contribution in [0.15, 0.2) is 0 Å². The van der Waals surface area contributed by atoms with Crippen LogP contribution in [0.1, 0.15) is 258 Å². The molecule has 1 amide bonds. The molecule has 0 rings (SSSR count). The predicted molar refractivity (Wildman–Crippen MR) is 212 cm³/mol. The second-order valence-corrected chi connectivity index (χ2v) is 15.5. The molecule has 2 unspecified atom stereocenters. The van der Waals surface area contributed by atoms with E-state index < -0.39 is 12.1 Å². The van der Waals surface area contributed by atoms with Crippen LogP contribution in [0.5, 0.6) is 0 Å². The van der Waals surface area contributed by atoms with Crippen molar-refractivity contribution in [3.63, 3.8) is 0 Å². The van der Waals surface area contributed by atoms with Crippen molar-refractivity contribution < 1.29 is 15.0 Å². The molecule has 0 radical (unpaired) electrons. The van der Waals surface area contributed by atoms with E-state index in [4.69, 9.17) is 0 Å². The number of hydrogen-bond donors (Lipinski definition) is 3. The van der Waals surface area contributed by atoms with Gasteiger partial charge >= 0.3 is 0 Å². The molecule has 288 valence electrons. The summed E-state index contributed by atoms with van der Waals surface area (Å²) in [5.41, 5.74) is 0. The van der Waals surface area contributed by atoms with Crippen LogP contribution in [0, 0.1) is 0 Å². The van der Waals surface area contributed by atoms with E-state index in [9.17, 15) is 15.0 Å². The summed E-state index contributed by atoms with van der Waals surface area (Å²) in [5.74, 6) is -0.0412. The number of rotatable bonds is 41. The third-order valence-corrected chi connectivity index (χ3v) is 10.6. The van der Waals surface area contributed by atoms with Gasteiger partial charge in [-0.05, 0) is 12.8 Å². The van der Waals surface area contributed by atoms with E-state index in [1.807, 2.05) is 0 Å². The lowest BCUT2D eigenvalue weighted by Crippen LogP contribution is -2.45.